The van der Waals surface area contributed by atoms with Gasteiger partial charge in [-0.25, -0.2) is 4.39 Å². The number of halogens is 1. The van der Waals surface area contributed by atoms with Gasteiger partial charge in [-0.05, 0) is 42.5 Å². The first-order valence-electron chi connectivity index (χ1n) is 9.75. The number of para-hydroxylation sites is 1. The number of nitrogens with one attached hydrogen (secondary N) is 2. The Labute approximate surface area is 174 Å². The zero-order valence-electron chi connectivity index (χ0n) is 16.8. The number of amides is 1. The summed E-state index contributed by atoms with van der Waals surface area (Å²) in [6.07, 6.45) is 1.09. The minimum Gasteiger partial charge on any atom is -0.486 e. The van der Waals surface area contributed by atoms with Crippen LogP contribution in [0.2, 0.25) is 0 Å². The highest BCUT2D eigenvalue weighted by molar-refractivity contribution is 7.10. The van der Waals surface area contributed by atoms with Crippen LogP contribution in [0, 0.1) is 5.82 Å². The van der Waals surface area contributed by atoms with Crippen LogP contribution >= 0.6 is 11.3 Å². The first-order valence-corrected chi connectivity index (χ1v) is 10.6. The molecule has 0 spiro atoms. The highest BCUT2D eigenvalue weighted by Crippen LogP contribution is 2.24. The van der Waals surface area contributed by atoms with Crippen molar-refractivity contribution in [3.8, 4) is 5.75 Å². The van der Waals surface area contributed by atoms with E-state index in [2.05, 4.69) is 27.1 Å². The summed E-state index contributed by atoms with van der Waals surface area (Å²) in [4.78, 5) is 19.9. The fourth-order valence-corrected chi connectivity index (χ4v) is 4.06. The number of fused-ring (bicyclic) bond motifs is 1. The minimum atomic E-state index is -0.382. The second-order valence-electron chi connectivity index (χ2n) is 6.92. The van der Waals surface area contributed by atoms with E-state index in [1.807, 2.05) is 11.8 Å². The van der Waals surface area contributed by atoms with Gasteiger partial charge in [0.15, 0.2) is 17.5 Å². The predicted molar refractivity (Wildman–Crippen MR) is 114 cm³/mol. The molecule has 0 bridgehead atoms. The summed E-state index contributed by atoms with van der Waals surface area (Å²) < 4.78 is 19.3. The number of guanidine groups is 1. The van der Waals surface area contributed by atoms with Crippen LogP contribution in [0.5, 0.6) is 5.75 Å². The van der Waals surface area contributed by atoms with Crippen molar-refractivity contribution in [2.24, 2.45) is 4.99 Å². The highest BCUT2D eigenvalue weighted by atomic mass is 32.1. The maximum Gasteiger partial charge on any atom is 0.224 e. The Balaban J connectivity index is 1.37. The van der Waals surface area contributed by atoms with Gasteiger partial charge in [-0.2, -0.15) is 0 Å². The van der Waals surface area contributed by atoms with Gasteiger partial charge in [-0.15, -0.1) is 11.3 Å². The van der Waals surface area contributed by atoms with Crippen LogP contribution in [0.4, 0.5) is 4.39 Å². The number of benzene rings is 1. The summed E-state index contributed by atoms with van der Waals surface area (Å²) in [5, 5.41) is 8.38. The number of hydrogen-bond donors (Lipinski definition) is 2. The third-order valence-electron chi connectivity index (χ3n) is 4.74. The van der Waals surface area contributed by atoms with Crippen LogP contribution in [0.1, 0.15) is 23.8 Å². The van der Waals surface area contributed by atoms with E-state index in [0.29, 0.717) is 32.0 Å². The molecule has 1 aromatic carbocycles. The molecular weight excluding hydrogens is 391 g/mol. The molecule has 2 heterocycles. The van der Waals surface area contributed by atoms with E-state index in [0.717, 1.165) is 13.0 Å². The lowest BCUT2D eigenvalue weighted by Crippen LogP contribution is -2.43. The molecule has 1 aliphatic heterocycles. The summed E-state index contributed by atoms with van der Waals surface area (Å²) in [7, 11) is 1.67. The standard InChI is InChI=1S/C21H27FN4O2S/c1-15(28-18-6-4-3-5-17(18)22)13-25-21(23-2)24-10-7-20(27)26-11-8-19-16(14-26)9-12-29-19/h3-6,9,12,15H,7-8,10-11,13-14H2,1-2H3,(H2,23,24,25). The number of rotatable bonds is 7. The number of aliphatic imine (C=N–C) groups is 1. The monoisotopic (exact) mass is 418 g/mol. The van der Waals surface area contributed by atoms with Crippen LogP contribution in [0.25, 0.3) is 0 Å². The number of nitrogens with zero attached hydrogens (tertiary/aromatic N) is 2. The Hall–Kier alpha value is -2.61. The van der Waals surface area contributed by atoms with Crippen LogP contribution in [0.3, 0.4) is 0 Å². The first kappa shape index (κ1) is 21.1. The molecule has 6 nitrogen and oxygen atoms in total. The average Bonchev–Trinajstić information content (AvgIpc) is 3.20. The Morgan fingerprint density at radius 3 is 2.97 bits per heavy atom. The molecule has 0 fully saturated rings. The van der Waals surface area contributed by atoms with Crippen LogP contribution < -0.4 is 15.4 Å². The van der Waals surface area contributed by atoms with Crippen LogP contribution in [0.15, 0.2) is 40.7 Å². The molecule has 156 valence electrons. The van der Waals surface area contributed by atoms with Crippen molar-refractivity contribution in [2.75, 3.05) is 26.7 Å². The summed E-state index contributed by atoms with van der Waals surface area (Å²) in [6.45, 7) is 4.29. The lowest BCUT2D eigenvalue weighted by molar-refractivity contribution is -0.131. The van der Waals surface area contributed by atoms with Gasteiger partial charge in [0.25, 0.3) is 0 Å². The normalized spacial score (nSPS) is 14.9. The molecule has 3 rings (SSSR count). The molecule has 2 N–H and O–H groups in total. The number of ether oxygens (including phenoxy) is 1. The van der Waals surface area contributed by atoms with Crippen molar-refractivity contribution < 1.29 is 13.9 Å². The molecule has 8 heteroatoms. The van der Waals surface area contributed by atoms with Gasteiger partial charge in [-0.3, -0.25) is 9.79 Å². The van der Waals surface area contributed by atoms with Gasteiger partial charge in [0.2, 0.25) is 5.91 Å². The average molecular weight is 419 g/mol. The number of hydrogen-bond acceptors (Lipinski definition) is 4. The predicted octanol–water partition coefficient (Wildman–Crippen LogP) is 2.79. The largest absolute Gasteiger partial charge is 0.486 e. The van der Waals surface area contributed by atoms with Crippen molar-refractivity contribution in [3.05, 3.63) is 52.0 Å². The summed E-state index contributed by atoms with van der Waals surface area (Å²) in [6, 6.07) is 8.44. The van der Waals surface area contributed by atoms with E-state index in [9.17, 15) is 9.18 Å². The summed E-state index contributed by atoms with van der Waals surface area (Å²) in [5.74, 6) is 0.569. The Kier molecular flexibility index (Phi) is 7.46. The van der Waals surface area contributed by atoms with Gasteiger partial charge < -0.3 is 20.3 Å². The molecule has 0 saturated carbocycles. The maximum absolute atomic E-state index is 13.7. The summed E-state index contributed by atoms with van der Waals surface area (Å²) in [5.41, 5.74) is 1.27. The van der Waals surface area contributed by atoms with Crippen molar-refractivity contribution in [2.45, 2.75) is 32.4 Å². The van der Waals surface area contributed by atoms with E-state index in [1.54, 1.807) is 36.6 Å². The lowest BCUT2D eigenvalue weighted by atomic mass is 10.1. The SMILES string of the molecule is CN=C(NCCC(=O)N1CCc2sccc2C1)NCC(C)Oc1ccccc1F. The fourth-order valence-electron chi connectivity index (χ4n) is 3.17. The van der Waals surface area contributed by atoms with E-state index < -0.39 is 0 Å². The third kappa shape index (κ3) is 5.93. The Morgan fingerprint density at radius 1 is 1.34 bits per heavy atom. The van der Waals surface area contributed by atoms with Crippen molar-refractivity contribution in [1.29, 1.82) is 0 Å². The maximum atomic E-state index is 13.7. The number of thiophene rings is 1. The topological polar surface area (TPSA) is 66.0 Å². The van der Waals surface area contributed by atoms with Gasteiger partial charge in [0, 0.05) is 38.0 Å². The van der Waals surface area contributed by atoms with Gasteiger partial charge >= 0.3 is 0 Å². The molecule has 1 unspecified atom stereocenters. The number of carbonyl (C=O) groups excluding carboxylic acids is 1. The quantitative estimate of drug-likeness (QED) is 0.536. The van der Waals surface area contributed by atoms with Gasteiger partial charge in [0.05, 0.1) is 6.54 Å². The van der Waals surface area contributed by atoms with Gasteiger partial charge in [-0.1, -0.05) is 12.1 Å². The molecule has 0 saturated heterocycles. The fraction of sp³-hybridized carbons (Fsp3) is 0.429. The molecule has 1 amide bonds. The smallest absolute Gasteiger partial charge is 0.224 e. The zero-order valence-corrected chi connectivity index (χ0v) is 17.6. The third-order valence-corrected chi connectivity index (χ3v) is 5.76. The molecule has 1 aliphatic rings. The second kappa shape index (κ2) is 10.2. The van der Waals surface area contributed by atoms with E-state index >= 15 is 0 Å². The summed E-state index contributed by atoms with van der Waals surface area (Å²) >= 11 is 1.77. The van der Waals surface area contributed by atoms with E-state index in [-0.39, 0.29) is 23.6 Å². The highest BCUT2D eigenvalue weighted by Gasteiger charge is 2.21. The molecule has 2 aromatic rings. The van der Waals surface area contributed by atoms with E-state index in [4.69, 9.17) is 4.74 Å². The van der Waals surface area contributed by atoms with Crippen molar-refractivity contribution >= 4 is 23.2 Å². The van der Waals surface area contributed by atoms with Crippen LogP contribution in [-0.4, -0.2) is 49.6 Å². The molecule has 29 heavy (non-hydrogen) atoms. The molecular formula is C21H27FN4O2S. The Bertz CT molecular complexity index is 855. The number of carbonyl (C=O) groups is 1. The minimum absolute atomic E-state index is 0.140. The molecule has 0 aliphatic carbocycles. The van der Waals surface area contributed by atoms with Crippen molar-refractivity contribution in [1.82, 2.24) is 15.5 Å². The van der Waals surface area contributed by atoms with Crippen molar-refractivity contribution in [3.63, 3.8) is 0 Å². The van der Waals surface area contributed by atoms with E-state index in [1.165, 1.54) is 16.5 Å². The Morgan fingerprint density at radius 2 is 2.17 bits per heavy atom. The lowest BCUT2D eigenvalue weighted by Gasteiger charge is -2.27. The first-order chi connectivity index (χ1) is 14.1. The van der Waals surface area contributed by atoms with Gasteiger partial charge in [0.1, 0.15) is 6.10 Å². The molecule has 1 aromatic heterocycles. The molecule has 0 radical (unpaired) electrons. The zero-order chi connectivity index (χ0) is 20.6. The molecule has 1 atom stereocenters. The second-order valence-corrected chi connectivity index (χ2v) is 7.92. The van der Waals surface area contributed by atoms with Crippen LogP contribution in [-0.2, 0) is 17.8 Å².